The molecule has 4 heterocycles. The molecule has 202 valence electrons. The van der Waals surface area contributed by atoms with Gasteiger partial charge in [0.25, 0.3) is 0 Å². The van der Waals surface area contributed by atoms with Crippen molar-refractivity contribution in [2.24, 2.45) is 0 Å². The summed E-state index contributed by atoms with van der Waals surface area (Å²) in [6, 6.07) is 10.0. The predicted molar refractivity (Wildman–Crippen MR) is 146 cm³/mol. The van der Waals surface area contributed by atoms with E-state index in [2.05, 4.69) is 20.1 Å². The van der Waals surface area contributed by atoms with Crippen LogP contribution in [0.2, 0.25) is 5.15 Å². The Morgan fingerprint density at radius 1 is 0.947 bits per heavy atom. The summed E-state index contributed by atoms with van der Waals surface area (Å²) < 4.78 is 5.26. The first kappa shape index (κ1) is 26.2. The fourth-order valence-corrected chi connectivity index (χ4v) is 4.63. The van der Waals surface area contributed by atoms with Crippen LogP contribution in [0.3, 0.4) is 0 Å². The number of carbonyl (C=O) groups is 1. The van der Waals surface area contributed by atoms with Gasteiger partial charge in [-0.1, -0.05) is 41.9 Å². The molecule has 2 aliphatic rings. The van der Waals surface area contributed by atoms with Gasteiger partial charge in [0, 0.05) is 32.7 Å². The minimum Gasteiger partial charge on any atom is -0.427 e. The summed E-state index contributed by atoms with van der Waals surface area (Å²) in [5.74, 6) is 1.80. The first-order chi connectivity index (χ1) is 18.2. The number of aromatic nitrogens is 4. The Bertz CT molecular complexity index is 1270. The lowest BCUT2D eigenvalue weighted by Crippen LogP contribution is -2.48. The number of rotatable bonds is 6. The minimum atomic E-state index is -0.702. The van der Waals surface area contributed by atoms with Crippen LogP contribution in [0, 0.1) is 0 Å². The van der Waals surface area contributed by atoms with Gasteiger partial charge < -0.3 is 24.7 Å². The van der Waals surface area contributed by atoms with Crippen LogP contribution in [0.25, 0.3) is 11.2 Å². The quantitative estimate of drug-likeness (QED) is 0.452. The lowest BCUT2D eigenvalue weighted by molar-refractivity contribution is -0.144. The number of hydrogen-bond acceptors (Lipinski definition) is 11. The Labute approximate surface area is 227 Å². The molecule has 3 aromatic rings. The number of hydrogen-bond donors (Lipinski definition) is 1. The molecule has 1 aromatic carbocycles. The molecule has 0 amide bonds. The molecule has 11 nitrogen and oxygen atoms in total. The van der Waals surface area contributed by atoms with Crippen molar-refractivity contribution in [2.75, 3.05) is 54.4 Å². The number of hydroxylamine groups is 2. The number of nitrogens with one attached hydrogen (secondary N) is 1. The van der Waals surface area contributed by atoms with E-state index in [4.69, 9.17) is 36.1 Å². The number of carbonyl (C=O) groups excluding carboxylic acids is 1. The molecule has 0 bridgehead atoms. The number of anilines is 3. The van der Waals surface area contributed by atoms with Gasteiger partial charge in [-0.15, -0.1) is 5.06 Å². The molecule has 0 radical (unpaired) electrons. The summed E-state index contributed by atoms with van der Waals surface area (Å²) in [5.41, 5.74) is 1.59. The maximum Gasteiger partial charge on any atom is 0.528 e. The van der Waals surface area contributed by atoms with Gasteiger partial charge in [-0.3, -0.25) is 0 Å². The topological polar surface area (TPSA) is 109 Å². The number of halogens is 1. The third kappa shape index (κ3) is 6.33. The van der Waals surface area contributed by atoms with Crippen LogP contribution in [0.15, 0.2) is 30.3 Å². The summed E-state index contributed by atoms with van der Waals surface area (Å²) in [5, 5.41) is 5.19. The van der Waals surface area contributed by atoms with Crippen LogP contribution in [0.5, 0.6) is 0 Å². The smallest absolute Gasteiger partial charge is 0.427 e. The Balaban J connectivity index is 1.36. The van der Waals surface area contributed by atoms with Gasteiger partial charge >= 0.3 is 6.16 Å². The zero-order valence-corrected chi connectivity index (χ0v) is 22.7. The van der Waals surface area contributed by atoms with E-state index in [0.29, 0.717) is 55.7 Å². The monoisotopic (exact) mass is 540 g/mol. The van der Waals surface area contributed by atoms with E-state index < -0.39 is 11.8 Å². The summed E-state index contributed by atoms with van der Waals surface area (Å²) in [7, 11) is 0. The lowest BCUT2D eigenvalue weighted by Gasteiger charge is -2.34. The van der Waals surface area contributed by atoms with Gasteiger partial charge in [-0.05, 0) is 39.2 Å². The first-order valence-corrected chi connectivity index (χ1v) is 13.3. The first-order valence-electron chi connectivity index (χ1n) is 12.9. The van der Waals surface area contributed by atoms with Crippen LogP contribution in [0.4, 0.5) is 22.4 Å². The fourth-order valence-electron chi connectivity index (χ4n) is 4.44. The third-order valence-corrected chi connectivity index (χ3v) is 6.55. The highest BCUT2D eigenvalue weighted by molar-refractivity contribution is 6.32. The van der Waals surface area contributed by atoms with Crippen molar-refractivity contribution in [2.45, 2.75) is 45.8 Å². The maximum atomic E-state index is 12.1. The molecule has 0 saturated carbocycles. The highest BCUT2D eigenvalue weighted by Gasteiger charge is 2.27. The van der Waals surface area contributed by atoms with Crippen molar-refractivity contribution in [3.05, 3.63) is 41.0 Å². The molecule has 1 N–H and O–H groups in total. The van der Waals surface area contributed by atoms with Gasteiger partial charge in [-0.25, -0.2) is 14.8 Å². The molecule has 2 saturated heterocycles. The maximum absolute atomic E-state index is 12.1. The van der Waals surface area contributed by atoms with E-state index in [9.17, 15) is 4.79 Å². The second kappa shape index (κ2) is 11.1. The number of ether oxygens (including phenoxy) is 1. The second-order valence-corrected chi connectivity index (χ2v) is 10.7. The number of benzene rings is 1. The molecule has 0 aliphatic carbocycles. The van der Waals surface area contributed by atoms with E-state index in [1.165, 1.54) is 0 Å². The van der Waals surface area contributed by atoms with Crippen molar-refractivity contribution in [1.29, 1.82) is 0 Å². The van der Waals surface area contributed by atoms with Crippen LogP contribution in [-0.4, -0.2) is 76.0 Å². The molecular weight excluding hydrogens is 508 g/mol. The minimum absolute atomic E-state index is 0.290. The number of nitrogens with zero attached hydrogens (tertiary/aromatic N) is 7. The van der Waals surface area contributed by atoms with Gasteiger partial charge in [0.2, 0.25) is 5.95 Å². The molecule has 2 aromatic heterocycles. The Kier molecular flexibility index (Phi) is 7.66. The fraction of sp³-hybridized carbons (Fsp3) is 0.500. The zero-order chi connectivity index (χ0) is 26.7. The standard InChI is InChI=1S/C26H33ClN8O3/c1-26(2,3)37-25(36)38-35-15-13-34(14-16-35)24-31-21-19(23(32-24)33-11-7-8-12-33)29-20(27)22(30-21)28-17-18-9-5-4-6-10-18/h4-6,9-10H,7-8,11-17H2,1-3H3,(H,28,30,31,32). The Morgan fingerprint density at radius 3 is 2.34 bits per heavy atom. The summed E-state index contributed by atoms with van der Waals surface area (Å²) in [6.45, 7) is 9.93. The van der Waals surface area contributed by atoms with Crippen molar-refractivity contribution < 1.29 is 14.4 Å². The van der Waals surface area contributed by atoms with Crippen molar-refractivity contribution in [1.82, 2.24) is 25.0 Å². The third-order valence-electron chi connectivity index (χ3n) is 6.28. The Morgan fingerprint density at radius 2 is 1.66 bits per heavy atom. The van der Waals surface area contributed by atoms with E-state index in [-0.39, 0.29) is 5.15 Å². The van der Waals surface area contributed by atoms with E-state index in [1.54, 1.807) is 25.8 Å². The van der Waals surface area contributed by atoms with E-state index in [1.807, 2.05) is 30.3 Å². The summed E-state index contributed by atoms with van der Waals surface area (Å²) in [6.07, 6.45) is 1.49. The zero-order valence-electron chi connectivity index (χ0n) is 22.0. The number of piperazine rings is 1. The normalized spacial score (nSPS) is 16.6. The molecule has 5 rings (SSSR count). The molecule has 0 unspecified atom stereocenters. The second-order valence-electron chi connectivity index (χ2n) is 10.4. The van der Waals surface area contributed by atoms with Crippen molar-refractivity contribution in [3.8, 4) is 0 Å². The SMILES string of the molecule is CC(C)(C)OC(=O)ON1CCN(c2nc(N3CCCC3)c3nc(Cl)c(NCc4ccccc4)nc3n2)CC1. The highest BCUT2D eigenvalue weighted by Crippen LogP contribution is 2.31. The molecule has 2 fully saturated rings. The molecule has 0 atom stereocenters. The molecule has 2 aliphatic heterocycles. The molecule has 38 heavy (non-hydrogen) atoms. The Hall–Kier alpha value is -3.44. The van der Waals surface area contributed by atoms with Crippen LogP contribution in [0.1, 0.15) is 39.2 Å². The van der Waals surface area contributed by atoms with Crippen LogP contribution >= 0.6 is 11.6 Å². The van der Waals surface area contributed by atoms with Crippen LogP contribution < -0.4 is 15.1 Å². The summed E-state index contributed by atoms with van der Waals surface area (Å²) >= 11 is 6.56. The average molecular weight is 541 g/mol. The molecule has 12 heteroatoms. The van der Waals surface area contributed by atoms with Crippen molar-refractivity contribution in [3.63, 3.8) is 0 Å². The van der Waals surface area contributed by atoms with E-state index in [0.717, 1.165) is 37.3 Å². The van der Waals surface area contributed by atoms with Crippen molar-refractivity contribution >= 4 is 46.5 Å². The van der Waals surface area contributed by atoms with Gasteiger partial charge in [0.1, 0.15) is 5.60 Å². The van der Waals surface area contributed by atoms with Gasteiger partial charge in [0.15, 0.2) is 28.0 Å². The average Bonchev–Trinajstić information content (AvgIpc) is 3.42. The molecule has 0 spiro atoms. The number of fused-ring (bicyclic) bond motifs is 1. The van der Waals surface area contributed by atoms with E-state index >= 15 is 0 Å². The van der Waals surface area contributed by atoms with Gasteiger partial charge in [0.05, 0.1) is 13.1 Å². The van der Waals surface area contributed by atoms with Gasteiger partial charge in [-0.2, -0.15) is 9.97 Å². The summed E-state index contributed by atoms with van der Waals surface area (Å²) in [4.78, 5) is 40.8. The lowest BCUT2D eigenvalue weighted by atomic mass is 10.2. The largest absolute Gasteiger partial charge is 0.528 e. The van der Waals surface area contributed by atoms with Crippen LogP contribution in [-0.2, 0) is 16.1 Å². The highest BCUT2D eigenvalue weighted by atomic mass is 35.5. The predicted octanol–water partition coefficient (Wildman–Crippen LogP) is 4.27. The molecular formula is C26H33ClN8O3.